The van der Waals surface area contributed by atoms with Crippen LogP contribution in [-0.4, -0.2) is 35.6 Å². The van der Waals surface area contributed by atoms with Gasteiger partial charge in [-0.2, -0.15) is 0 Å². The highest BCUT2D eigenvalue weighted by Gasteiger charge is 2.16. The van der Waals surface area contributed by atoms with Gasteiger partial charge in [-0.25, -0.2) is 9.97 Å². The second-order valence-electron chi connectivity index (χ2n) is 8.43. The Morgan fingerprint density at radius 1 is 1.03 bits per heavy atom. The van der Waals surface area contributed by atoms with Crippen molar-refractivity contribution in [1.82, 2.24) is 24.5 Å². The summed E-state index contributed by atoms with van der Waals surface area (Å²) < 4.78 is 2.16. The summed E-state index contributed by atoms with van der Waals surface area (Å²) in [6.45, 7) is 2.30. The lowest BCUT2D eigenvalue weighted by Crippen LogP contribution is -2.11. The largest absolute Gasteiger partial charge is 0.481 e. The number of hydrogen-bond donors (Lipinski definition) is 4. The average Bonchev–Trinajstić information content (AvgIpc) is 3.47. The molecule has 0 aliphatic carbocycles. The average molecular weight is 481 g/mol. The van der Waals surface area contributed by atoms with Gasteiger partial charge in [0.15, 0.2) is 0 Å². The number of rotatable bonds is 4. The lowest BCUT2D eigenvalue weighted by atomic mass is 10.1. The molecule has 0 radical (unpaired) electrons. The van der Waals surface area contributed by atoms with Crippen LogP contribution in [0.15, 0.2) is 78.0 Å². The number of hydrogen-bond acceptors (Lipinski definition) is 5. The van der Waals surface area contributed by atoms with Crippen LogP contribution >= 0.6 is 0 Å². The Kier molecular flexibility index (Phi) is 6.05. The number of fused-ring (bicyclic) bond motifs is 3. The van der Waals surface area contributed by atoms with Crippen LogP contribution in [0.1, 0.15) is 18.1 Å². The second-order valence-corrected chi connectivity index (χ2v) is 8.43. The molecule has 3 heterocycles. The van der Waals surface area contributed by atoms with Crippen molar-refractivity contribution in [1.29, 1.82) is 0 Å². The van der Waals surface area contributed by atoms with E-state index in [0.717, 1.165) is 45.6 Å². The van der Waals surface area contributed by atoms with E-state index in [-0.39, 0.29) is 5.56 Å². The molecular formula is C27H24N6O3. The van der Waals surface area contributed by atoms with Gasteiger partial charge >= 0.3 is 0 Å². The van der Waals surface area contributed by atoms with E-state index in [4.69, 9.17) is 20.6 Å². The fraction of sp³-hybridized carbons (Fsp3) is 0.111. The van der Waals surface area contributed by atoms with Gasteiger partial charge in [0.2, 0.25) is 0 Å². The normalized spacial score (nSPS) is 11.1. The molecule has 0 saturated heterocycles. The zero-order valence-corrected chi connectivity index (χ0v) is 19.5. The van der Waals surface area contributed by atoms with Gasteiger partial charge in [0, 0.05) is 42.7 Å². The maximum Gasteiger partial charge on any atom is 0.300 e. The molecule has 0 spiro atoms. The smallest absolute Gasteiger partial charge is 0.300 e. The molecule has 0 aliphatic rings. The van der Waals surface area contributed by atoms with Crippen LogP contribution in [0.2, 0.25) is 0 Å². The first kappa shape index (κ1) is 23.0. The molecule has 6 rings (SSSR count). The van der Waals surface area contributed by atoms with E-state index < -0.39 is 5.97 Å². The van der Waals surface area contributed by atoms with Crippen LogP contribution in [0.25, 0.3) is 44.2 Å². The van der Waals surface area contributed by atoms with Crippen molar-refractivity contribution in [3.05, 3.63) is 94.7 Å². The number of nitrogens with zero attached hydrogens (tertiary/aromatic N) is 3. The molecule has 180 valence electrons. The molecule has 0 fully saturated rings. The number of carbonyl (C=O) groups is 1. The molecule has 0 aliphatic heterocycles. The first-order chi connectivity index (χ1) is 17.4. The van der Waals surface area contributed by atoms with Crippen molar-refractivity contribution in [3.63, 3.8) is 0 Å². The predicted molar refractivity (Wildman–Crippen MR) is 140 cm³/mol. The van der Waals surface area contributed by atoms with E-state index in [1.807, 2.05) is 48.7 Å². The van der Waals surface area contributed by atoms with Crippen LogP contribution in [-0.2, 0) is 17.9 Å². The third kappa shape index (κ3) is 4.47. The molecule has 9 heteroatoms. The van der Waals surface area contributed by atoms with Gasteiger partial charge in [-0.3, -0.25) is 9.59 Å². The number of imidazole rings is 1. The fourth-order valence-corrected chi connectivity index (χ4v) is 4.24. The summed E-state index contributed by atoms with van der Waals surface area (Å²) in [5.74, 6) is -0.833. The van der Waals surface area contributed by atoms with Gasteiger partial charge in [0.25, 0.3) is 11.5 Å². The number of carboxylic acids is 1. The van der Waals surface area contributed by atoms with E-state index in [2.05, 4.69) is 37.7 Å². The van der Waals surface area contributed by atoms with Gasteiger partial charge in [0.05, 0.1) is 28.4 Å². The van der Waals surface area contributed by atoms with E-state index in [9.17, 15) is 4.79 Å². The number of para-hydroxylation sites is 1. The van der Waals surface area contributed by atoms with Crippen LogP contribution in [0.4, 0.5) is 0 Å². The van der Waals surface area contributed by atoms with Crippen molar-refractivity contribution in [3.8, 4) is 11.3 Å². The first-order valence-corrected chi connectivity index (χ1v) is 11.4. The highest BCUT2D eigenvalue weighted by Crippen LogP contribution is 2.29. The lowest BCUT2D eigenvalue weighted by Gasteiger charge is -2.06. The van der Waals surface area contributed by atoms with E-state index >= 15 is 0 Å². The number of nitrogens with one attached hydrogen (secondary N) is 2. The van der Waals surface area contributed by atoms with Crippen molar-refractivity contribution in [2.45, 2.75) is 20.0 Å². The molecule has 0 atom stereocenters. The molecular weight excluding hydrogens is 456 g/mol. The molecule has 0 saturated carbocycles. The summed E-state index contributed by atoms with van der Waals surface area (Å²) in [4.78, 5) is 37.1. The maximum absolute atomic E-state index is 13.0. The van der Waals surface area contributed by atoms with Crippen molar-refractivity contribution < 1.29 is 9.90 Å². The summed E-state index contributed by atoms with van der Waals surface area (Å²) in [5.41, 5.74) is 13.1. The highest BCUT2D eigenvalue weighted by molar-refractivity contribution is 5.97. The third-order valence-corrected chi connectivity index (χ3v) is 5.89. The maximum atomic E-state index is 13.0. The predicted octanol–water partition coefficient (Wildman–Crippen LogP) is 4.02. The molecule has 3 aromatic heterocycles. The van der Waals surface area contributed by atoms with Crippen LogP contribution < -0.4 is 11.3 Å². The molecule has 3 aromatic carbocycles. The number of aromatic nitrogens is 5. The van der Waals surface area contributed by atoms with Gasteiger partial charge in [-0.1, -0.05) is 42.5 Å². The second kappa shape index (κ2) is 9.47. The van der Waals surface area contributed by atoms with E-state index in [1.54, 1.807) is 6.33 Å². The molecule has 0 bridgehead atoms. The van der Waals surface area contributed by atoms with Crippen molar-refractivity contribution >= 4 is 38.9 Å². The Bertz CT molecular complexity index is 1760. The van der Waals surface area contributed by atoms with Gasteiger partial charge in [-0.15, -0.1) is 0 Å². The van der Waals surface area contributed by atoms with Gasteiger partial charge < -0.3 is 25.4 Å². The summed E-state index contributed by atoms with van der Waals surface area (Å²) >= 11 is 0. The summed E-state index contributed by atoms with van der Waals surface area (Å²) in [7, 11) is 0. The van der Waals surface area contributed by atoms with Gasteiger partial charge in [0.1, 0.15) is 5.69 Å². The number of H-pyrrole nitrogens is 2. The number of aromatic amines is 2. The molecule has 5 N–H and O–H groups in total. The molecule has 6 aromatic rings. The standard InChI is InChI=1S/C25H20N6O.C2H4O2/c26-11-15-5-7-16(8-6-15)12-31-13-18(17-3-1-2-4-23(17)31)24-25(32)30-22-10-20-19(27-14-28-20)9-21(22)29-24;1-2(3)4/h1-10,13-14H,11-12,26H2,(H,27,28)(H,30,32);1H3,(H,3,4). The van der Waals surface area contributed by atoms with E-state index in [1.165, 1.54) is 0 Å². The number of carboxylic acid groups (broad SMARTS) is 1. The Morgan fingerprint density at radius 3 is 2.47 bits per heavy atom. The van der Waals surface area contributed by atoms with Gasteiger partial charge in [-0.05, 0) is 29.3 Å². The van der Waals surface area contributed by atoms with Crippen molar-refractivity contribution in [2.75, 3.05) is 0 Å². The van der Waals surface area contributed by atoms with Crippen molar-refractivity contribution in [2.24, 2.45) is 5.73 Å². The minimum absolute atomic E-state index is 0.220. The van der Waals surface area contributed by atoms with Crippen LogP contribution in [0.3, 0.4) is 0 Å². The Labute approximate surface area is 205 Å². The summed E-state index contributed by atoms with van der Waals surface area (Å²) in [5, 5.41) is 8.41. The Hall–Kier alpha value is -4.76. The van der Waals surface area contributed by atoms with Crippen LogP contribution in [0, 0.1) is 0 Å². The molecule has 36 heavy (non-hydrogen) atoms. The number of aliphatic carboxylic acids is 1. The molecule has 0 unspecified atom stereocenters. The van der Waals surface area contributed by atoms with E-state index in [0.29, 0.717) is 29.8 Å². The minimum atomic E-state index is -0.833. The fourth-order valence-electron chi connectivity index (χ4n) is 4.24. The zero-order chi connectivity index (χ0) is 25.2. The Balaban J connectivity index is 0.000000623. The molecule has 9 nitrogen and oxygen atoms in total. The number of nitrogens with two attached hydrogens (primary N) is 1. The summed E-state index contributed by atoms with van der Waals surface area (Å²) in [6, 6.07) is 20.1. The van der Waals surface area contributed by atoms with Crippen LogP contribution in [0.5, 0.6) is 0 Å². The molecule has 0 amide bonds. The third-order valence-electron chi connectivity index (χ3n) is 5.89. The number of benzene rings is 3. The minimum Gasteiger partial charge on any atom is -0.481 e. The monoisotopic (exact) mass is 480 g/mol. The topological polar surface area (TPSA) is 143 Å². The quantitative estimate of drug-likeness (QED) is 0.300. The first-order valence-electron chi connectivity index (χ1n) is 11.4. The zero-order valence-electron chi connectivity index (χ0n) is 19.5. The highest BCUT2D eigenvalue weighted by atomic mass is 16.4. The lowest BCUT2D eigenvalue weighted by molar-refractivity contribution is -0.134. The SMILES string of the molecule is CC(=O)O.NCc1ccc(Cn2cc(-c3nc4cc5[nH]cnc5cc4[nH]c3=O)c3ccccc32)cc1. The Morgan fingerprint density at radius 2 is 1.72 bits per heavy atom. The summed E-state index contributed by atoms with van der Waals surface area (Å²) in [6.07, 6.45) is 3.65.